The van der Waals surface area contributed by atoms with Crippen molar-refractivity contribution >= 4 is 15.9 Å². The Morgan fingerprint density at radius 1 is 1.00 bits per heavy atom. The van der Waals surface area contributed by atoms with E-state index < -0.39 is 0 Å². The first-order chi connectivity index (χ1) is 9.66. The Balaban J connectivity index is 2.37. The van der Waals surface area contributed by atoms with Crippen LogP contribution in [0.3, 0.4) is 0 Å². The van der Waals surface area contributed by atoms with E-state index in [2.05, 4.69) is 66.2 Å². The highest BCUT2D eigenvalue weighted by Gasteiger charge is 2.40. The number of fused-ring (bicyclic) bond motifs is 3. The van der Waals surface area contributed by atoms with Crippen LogP contribution in [0, 0.1) is 11.3 Å². The molecule has 0 unspecified atom stereocenters. The van der Waals surface area contributed by atoms with Crippen LogP contribution in [0.5, 0.6) is 0 Å². The maximum absolute atomic E-state index is 9.19. The highest BCUT2D eigenvalue weighted by atomic mass is 79.9. The van der Waals surface area contributed by atoms with E-state index in [1.54, 1.807) is 0 Å². The van der Waals surface area contributed by atoms with Gasteiger partial charge in [0.25, 0.3) is 0 Å². The largest absolute Gasteiger partial charge is 0.192 e. The number of nitriles is 1. The summed E-state index contributed by atoms with van der Waals surface area (Å²) >= 11 is 3.60. The highest BCUT2D eigenvalue weighted by Crippen LogP contribution is 2.53. The normalized spacial score (nSPS) is 14.5. The molecule has 100 valence electrons. The molecule has 2 aromatic rings. The van der Waals surface area contributed by atoms with Crippen LogP contribution in [0.4, 0.5) is 0 Å². The average molecular weight is 326 g/mol. The third-order valence-electron chi connectivity index (χ3n) is 4.66. The van der Waals surface area contributed by atoms with Crippen molar-refractivity contribution in [3.63, 3.8) is 0 Å². The molecule has 20 heavy (non-hydrogen) atoms. The lowest BCUT2D eigenvalue weighted by atomic mass is 9.73. The van der Waals surface area contributed by atoms with Gasteiger partial charge in [0.05, 0.1) is 11.6 Å². The van der Waals surface area contributed by atoms with Gasteiger partial charge in [0.2, 0.25) is 0 Å². The number of hydrogen-bond donors (Lipinski definition) is 0. The number of hydrogen-bond acceptors (Lipinski definition) is 1. The molecule has 0 fully saturated rings. The second-order valence-electron chi connectivity index (χ2n) is 5.35. The fourth-order valence-corrected chi connectivity index (χ4v) is 3.91. The molecule has 1 nitrogen and oxygen atoms in total. The second kappa shape index (κ2) is 4.75. The van der Waals surface area contributed by atoms with Crippen molar-refractivity contribution in [3.05, 3.63) is 57.6 Å². The van der Waals surface area contributed by atoms with Gasteiger partial charge in [-0.15, -0.1) is 0 Å². The van der Waals surface area contributed by atoms with Crippen LogP contribution in [0.1, 0.15) is 43.4 Å². The molecule has 0 saturated carbocycles. The minimum absolute atomic E-state index is 0.0430. The van der Waals surface area contributed by atoms with Gasteiger partial charge >= 0.3 is 0 Å². The summed E-state index contributed by atoms with van der Waals surface area (Å²) in [5.41, 5.74) is 6.10. The zero-order valence-electron chi connectivity index (χ0n) is 11.7. The predicted molar refractivity (Wildman–Crippen MR) is 85.7 cm³/mol. The van der Waals surface area contributed by atoms with Crippen molar-refractivity contribution in [2.45, 2.75) is 32.1 Å². The van der Waals surface area contributed by atoms with Crippen molar-refractivity contribution < 1.29 is 0 Å². The summed E-state index contributed by atoms with van der Waals surface area (Å²) in [5.74, 6) is 0. The fourth-order valence-electron chi connectivity index (χ4n) is 3.55. The lowest BCUT2D eigenvalue weighted by molar-refractivity contribution is 0.490. The van der Waals surface area contributed by atoms with Crippen molar-refractivity contribution in [3.8, 4) is 17.2 Å². The quantitative estimate of drug-likeness (QED) is 0.724. The summed E-state index contributed by atoms with van der Waals surface area (Å²) in [4.78, 5) is 0. The van der Waals surface area contributed by atoms with Crippen molar-refractivity contribution in [1.82, 2.24) is 0 Å². The highest BCUT2D eigenvalue weighted by molar-refractivity contribution is 9.10. The van der Waals surface area contributed by atoms with E-state index in [1.165, 1.54) is 22.3 Å². The van der Waals surface area contributed by atoms with Crippen LogP contribution in [0.15, 0.2) is 40.9 Å². The number of rotatable bonds is 2. The van der Waals surface area contributed by atoms with Crippen LogP contribution in [0.2, 0.25) is 0 Å². The Kier molecular flexibility index (Phi) is 3.18. The van der Waals surface area contributed by atoms with Gasteiger partial charge in [0.1, 0.15) is 0 Å². The lowest BCUT2D eigenvalue weighted by Crippen LogP contribution is -2.23. The molecule has 3 rings (SSSR count). The summed E-state index contributed by atoms with van der Waals surface area (Å²) in [6.07, 6.45) is 2.10. The molecular formula is C18H16BrN. The predicted octanol–water partition coefficient (Wildman–Crippen LogP) is 5.41. The van der Waals surface area contributed by atoms with Crippen LogP contribution >= 0.6 is 15.9 Å². The maximum Gasteiger partial charge on any atom is 0.0991 e. The number of benzene rings is 2. The van der Waals surface area contributed by atoms with E-state index in [9.17, 15) is 5.26 Å². The second-order valence-corrected chi connectivity index (χ2v) is 6.27. The van der Waals surface area contributed by atoms with E-state index in [-0.39, 0.29) is 5.41 Å². The van der Waals surface area contributed by atoms with Crippen molar-refractivity contribution in [2.24, 2.45) is 0 Å². The van der Waals surface area contributed by atoms with E-state index in [0.29, 0.717) is 0 Å². The molecule has 0 bridgehead atoms. The zero-order valence-corrected chi connectivity index (χ0v) is 13.3. The Bertz CT molecular complexity index is 721. The standard InChI is InChI=1S/C18H16BrN/c1-3-18(4-2)16-9-12(11-20)5-7-14(16)15-8-6-13(19)10-17(15)18/h5-10H,3-4H2,1-2H3. The molecule has 0 spiro atoms. The van der Waals surface area contributed by atoms with E-state index in [4.69, 9.17) is 0 Å². The topological polar surface area (TPSA) is 23.8 Å². The molecule has 0 aliphatic heterocycles. The summed E-state index contributed by atoms with van der Waals surface area (Å²) in [6, 6.07) is 14.9. The molecule has 0 aromatic heterocycles. The SMILES string of the molecule is CCC1(CC)c2cc(Br)ccc2-c2ccc(C#N)cc21. The average Bonchev–Trinajstić information content (AvgIpc) is 2.76. The molecule has 0 atom stereocenters. The summed E-state index contributed by atoms with van der Waals surface area (Å²) in [7, 11) is 0. The Labute approximate surface area is 128 Å². The zero-order chi connectivity index (χ0) is 14.3. The third kappa shape index (κ3) is 1.66. The summed E-state index contributed by atoms with van der Waals surface area (Å²) < 4.78 is 1.12. The first kappa shape index (κ1) is 13.4. The van der Waals surface area contributed by atoms with Gasteiger partial charge in [-0.25, -0.2) is 0 Å². The maximum atomic E-state index is 9.19. The smallest absolute Gasteiger partial charge is 0.0991 e. The Morgan fingerprint density at radius 3 is 2.20 bits per heavy atom. The first-order valence-electron chi connectivity index (χ1n) is 7.01. The van der Waals surface area contributed by atoms with E-state index in [0.717, 1.165) is 22.9 Å². The monoisotopic (exact) mass is 325 g/mol. The van der Waals surface area contributed by atoms with Crippen LogP contribution in [-0.4, -0.2) is 0 Å². The summed E-state index contributed by atoms with van der Waals surface area (Å²) in [5, 5.41) is 9.19. The minimum atomic E-state index is 0.0430. The third-order valence-corrected chi connectivity index (χ3v) is 5.15. The molecule has 2 heteroatoms. The molecule has 1 aliphatic carbocycles. The Morgan fingerprint density at radius 2 is 1.60 bits per heavy atom. The molecule has 0 heterocycles. The van der Waals surface area contributed by atoms with Crippen LogP contribution in [-0.2, 0) is 5.41 Å². The molecule has 0 amide bonds. The van der Waals surface area contributed by atoms with E-state index >= 15 is 0 Å². The molecule has 0 radical (unpaired) electrons. The van der Waals surface area contributed by atoms with Crippen LogP contribution < -0.4 is 0 Å². The molecule has 1 aliphatic rings. The van der Waals surface area contributed by atoms with Gasteiger partial charge in [-0.3, -0.25) is 0 Å². The first-order valence-corrected chi connectivity index (χ1v) is 7.80. The van der Waals surface area contributed by atoms with Gasteiger partial charge in [0, 0.05) is 9.89 Å². The van der Waals surface area contributed by atoms with Gasteiger partial charge < -0.3 is 0 Å². The summed E-state index contributed by atoms with van der Waals surface area (Å²) in [6.45, 7) is 4.48. The molecule has 0 N–H and O–H groups in total. The molecule has 0 saturated heterocycles. The minimum Gasteiger partial charge on any atom is -0.192 e. The Hall–Kier alpha value is -1.59. The number of nitrogens with zero attached hydrogens (tertiary/aromatic N) is 1. The van der Waals surface area contributed by atoms with Gasteiger partial charge in [-0.05, 0) is 59.4 Å². The molecule has 2 aromatic carbocycles. The molecular weight excluding hydrogens is 310 g/mol. The fraction of sp³-hybridized carbons (Fsp3) is 0.278. The number of halogens is 1. The van der Waals surface area contributed by atoms with Crippen molar-refractivity contribution in [1.29, 1.82) is 5.26 Å². The van der Waals surface area contributed by atoms with Gasteiger partial charge in [0.15, 0.2) is 0 Å². The lowest BCUT2D eigenvalue weighted by Gasteiger charge is -2.29. The van der Waals surface area contributed by atoms with Gasteiger partial charge in [-0.2, -0.15) is 5.26 Å². The van der Waals surface area contributed by atoms with Gasteiger partial charge in [-0.1, -0.05) is 41.9 Å². The van der Waals surface area contributed by atoms with Crippen LogP contribution in [0.25, 0.3) is 11.1 Å². The van der Waals surface area contributed by atoms with Crippen molar-refractivity contribution in [2.75, 3.05) is 0 Å². The van der Waals surface area contributed by atoms with E-state index in [1.807, 2.05) is 6.07 Å².